The highest BCUT2D eigenvalue weighted by Gasteiger charge is 2.33. The normalized spacial score (nSPS) is 15.2. The number of carbonyl (C=O) groups is 2. The lowest BCUT2D eigenvalue weighted by Gasteiger charge is -2.24. The van der Waals surface area contributed by atoms with Gasteiger partial charge in [-0.3, -0.25) is 14.2 Å². The monoisotopic (exact) mass is 604 g/mol. The van der Waals surface area contributed by atoms with Crippen LogP contribution in [0.2, 0.25) is 5.02 Å². The van der Waals surface area contributed by atoms with Crippen LogP contribution in [0.3, 0.4) is 0 Å². The number of benzene rings is 2. The molecule has 0 spiro atoms. The molecular weight excluding hydrogens is 584 g/mol. The van der Waals surface area contributed by atoms with Gasteiger partial charge in [-0.1, -0.05) is 51.0 Å². The molecule has 0 bridgehead atoms. The largest absolute Gasteiger partial charge is 0.493 e. The van der Waals surface area contributed by atoms with E-state index in [-0.39, 0.29) is 23.5 Å². The molecule has 37 heavy (non-hydrogen) atoms. The summed E-state index contributed by atoms with van der Waals surface area (Å²) in [6, 6.07) is 9.49. The van der Waals surface area contributed by atoms with Gasteiger partial charge in [-0.15, -0.1) is 0 Å². The smallest absolute Gasteiger partial charge is 0.338 e. The number of allylic oxidation sites excluding steroid dienone is 1. The fourth-order valence-electron chi connectivity index (χ4n) is 3.95. The predicted molar refractivity (Wildman–Crippen MR) is 144 cm³/mol. The van der Waals surface area contributed by atoms with E-state index < -0.39 is 18.0 Å². The molecule has 0 saturated heterocycles. The number of thiazole rings is 1. The van der Waals surface area contributed by atoms with Gasteiger partial charge in [0.1, 0.15) is 0 Å². The predicted octanol–water partition coefficient (Wildman–Crippen LogP) is 4.15. The summed E-state index contributed by atoms with van der Waals surface area (Å²) >= 11 is 10.8. The Bertz CT molecular complexity index is 1610. The highest BCUT2D eigenvalue weighted by molar-refractivity contribution is 9.10. The fourth-order valence-corrected chi connectivity index (χ4v) is 5.55. The molecule has 2 heterocycles. The van der Waals surface area contributed by atoms with E-state index in [1.807, 2.05) is 0 Å². The van der Waals surface area contributed by atoms with Crippen molar-refractivity contribution >= 4 is 56.9 Å². The molecule has 1 atom stereocenters. The molecule has 1 aliphatic heterocycles. The summed E-state index contributed by atoms with van der Waals surface area (Å²) in [6.07, 6.45) is 1.69. The first-order chi connectivity index (χ1) is 17.6. The van der Waals surface area contributed by atoms with E-state index in [2.05, 4.69) is 20.9 Å². The Balaban J connectivity index is 1.92. The van der Waals surface area contributed by atoms with Crippen LogP contribution < -0.4 is 24.4 Å². The molecular formula is C26H22BrClN2O6S. The molecule has 0 fully saturated rings. The average molecular weight is 606 g/mol. The maximum absolute atomic E-state index is 13.7. The molecule has 4 rings (SSSR count). The quantitative estimate of drug-likeness (QED) is 0.310. The number of fused-ring (bicyclic) bond motifs is 1. The van der Waals surface area contributed by atoms with Gasteiger partial charge in [0.15, 0.2) is 16.3 Å². The third kappa shape index (κ3) is 5.41. The lowest BCUT2D eigenvalue weighted by molar-refractivity contribution is -0.139. The van der Waals surface area contributed by atoms with E-state index in [0.29, 0.717) is 41.4 Å². The molecule has 0 aliphatic carbocycles. The Morgan fingerprint density at radius 3 is 2.54 bits per heavy atom. The Morgan fingerprint density at radius 1 is 1.22 bits per heavy atom. The second-order valence-corrected chi connectivity index (χ2v) is 10.3. The second kappa shape index (κ2) is 11.0. The van der Waals surface area contributed by atoms with Gasteiger partial charge in [-0.05, 0) is 55.3 Å². The Hall–Kier alpha value is -3.21. The maximum atomic E-state index is 13.7. The minimum Gasteiger partial charge on any atom is -0.493 e. The van der Waals surface area contributed by atoms with Crippen molar-refractivity contribution in [1.29, 1.82) is 0 Å². The SMILES string of the molecule is CCOC(=O)C1=C(C)N=c2s/c(=C/c3cc(OC)c(OC(C)=O)cc3Br)c(=O)n2C1c1ccc(Cl)cc1. The van der Waals surface area contributed by atoms with E-state index in [4.69, 9.17) is 25.8 Å². The van der Waals surface area contributed by atoms with E-state index in [1.165, 1.54) is 29.9 Å². The van der Waals surface area contributed by atoms with Crippen LogP contribution >= 0.6 is 38.9 Å². The zero-order valence-corrected chi connectivity index (χ0v) is 23.5. The van der Waals surface area contributed by atoms with Crippen LogP contribution in [0.4, 0.5) is 0 Å². The third-order valence-corrected chi connectivity index (χ3v) is 7.45. The zero-order chi connectivity index (χ0) is 26.9. The van der Waals surface area contributed by atoms with Crippen molar-refractivity contribution in [2.45, 2.75) is 26.8 Å². The van der Waals surface area contributed by atoms with Crippen molar-refractivity contribution in [1.82, 2.24) is 4.57 Å². The summed E-state index contributed by atoms with van der Waals surface area (Å²) in [5.74, 6) is -0.442. The molecule has 0 amide bonds. The number of methoxy groups -OCH3 is 1. The molecule has 3 aromatic rings. The van der Waals surface area contributed by atoms with Crippen LogP contribution in [0.15, 0.2) is 61.9 Å². The van der Waals surface area contributed by atoms with Gasteiger partial charge >= 0.3 is 11.9 Å². The molecule has 0 saturated carbocycles. The van der Waals surface area contributed by atoms with Crippen molar-refractivity contribution in [3.8, 4) is 11.5 Å². The van der Waals surface area contributed by atoms with E-state index in [9.17, 15) is 14.4 Å². The number of hydrogen-bond acceptors (Lipinski definition) is 8. The molecule has 8 nitrogen and oxygen atoms in total. The lowest BCUT2D eigenvalue weighted by Crippen LogP contribution is -2.39. The Labute approximate surface area is 229 Å². The standard InChI is InChI=1S/C26H22BrClN2O6S/c1-5-35-25(33)22-13(2)29-26-30(23(22)15-6-8-17(28)9-7-15)24(32)21(37-26)11-16-10-19(34-4)20(12-18(16)27)36-14(3)31/h6-12,23H,5H2,1-4H3/b21-11+. The van der Waals surface area contributed by atoms with Crippen molar-refractivity contribution in [2.75, 3.05) is 13.7 Å². The molecule has 1 aromatic heterocycles. The van der Waals surface area contributed by atoms with Crippen molar-refractivity contribution in [2.24, 2.45) is 4.99 Å². The first-order valence-electron chi connectivity index (χ1n) is 11.2. The molecule has 11 heteroatoms. The first-order valence-corrected chi connectivity index (χ1v) is 13.1. The molecule has 1 aliphatic rings. The number of aromatic nitrogens is 1. The zero-order valence-electron chi connectivity index (χ0n) is 20.3. The van der Waals surface area contributed by atoms with Crippen LogP contribution in [0.25, 0.3) is 6.08 Å². The van der Waals surface area contributed by atoms with Crippen LogP contribution in [0.5, 0.6) is 11.5 Å². The molecule has 1 unspecified atom stereocenters. The number of esters is 2. The highest BCUT2D eigenvalue weighted by atomic mass is 79.9. The van der Waals surface area contributed by atoms with Gasteiger partial charge in [0.25, 0.3) is 5.56 Å². The summed E-state index contributed by atoms with van der Waals surface area (Å²) in [5, 5.41) is 0.533. The third-order valence-electron chi connectivity index (χ3n) is 5.53. The summed E-state index contributed by atoms with van der Waals surface area (Å²) in [4.78, 5) is 43.2. The van der Waals surface area contributed by atoms with E-state index >= 15 is 0 Å². The maximum Gasteiger partial charge on any atom is 0.338 e. The molecule has 0 radical (unpaired) electrons. The van der Waals surface area contributed by atoms with Gasteiger partial charge in [-0.25, -0.2) is 9.79 Å². The first kappa shape index (κ1) is 26.8. The van der Waals surface area contributed by atoms with Gasteiger partial charge < -0.3 is 14.2 Å². The minimum absolute atomic E-state index is 0.187. The lowest BCUT2D eigenvalue weighted by atomic mass is 9.96. The Morgan fingerprint density at radius 2 is 1.92 bits per heavy atom. The second-order valence-electron chi connectivity index (χ2n) is 7.97. The minimum atomic E-state index is -0.737. The number of rotatable bonds is 6. The van der Waals surface area contributed by atoms with Gasteiger partial charge in [-0.2, -0.15) is 0 Å². The number of halogens is 2. The van der Waals surface area contributed by atoms with Crippen LogP contribution in [0.1, 0.15) is 37.9 Å². The van der Waals surface area contributed by atoms with Gasteiger partial charge in [0.05, 0.1) is 35.6 Å². The van der Waals surface area contributed by atoms with Crippen molar-refractivity contribution < 1.29 is 23.8 Å². The number of ether oxygens (including phenoxy) is 3. The van der Waals surface area contributed by atoms with E-state index in [1.54, 1.807) is 56.3 Å². The van der Waals surface area contributed by atoms with Crippen molar-refractivity contribution in [3.63, 3.8) is 0 Å². The number of nitrogens with zero attached hydrogens (tertiary/aromatic N) is 2. The molecule has 192 valence electrons. The van der Waals surface area contributed by atoms with Gasteiger partial charge in [0.2, 0.25) is 0 Å². The van der Waals surface area contributed by atoms with Crippen LogP contribution in [-0.2, 0) is 14.3 Å². The molecule has 0 N–H and O–H groups in total. The topological polar surface area (TPSA) is 96.2 Å². The number of carbonyl (C=O) groups excluding carboxylic acids is 2. The summed E-state index contributed by atoms with van der Waals surface area (Å²) in [7, 11) is 1.46. The average Bonchev–Trinajstić information content (AvgIpc) is 3.14. The fraction of sp³-hybridized carbons (Fsp3) is 0.231. The molecule has 2 aromatic carbocycles. The van der Waals surface area contributed by atoms with E-state index in [0.717, 1.165) is 0 Å². The van der Waals surface area contributed by atoms with Crippen molar-refractivity contribution in [3.05, 3.63) is 88.0 Å². The number of hydrogen-bond donors (Lipinski definition) is 0. The van der Waals surface area contributed by atoms with Gasteiger partial charge in [0, 0.05) is 16.4 Å². The summed E-state index contributed by atoms with van der Waals surface area (Å²) in [6.45, 7) is 4.93. The Kier molecular flexibility index (Phi) is 8.01. The summed E-state index contributed by atoms with van der Waals surface area (Å²) in [5.41, 5.74) is 1.76. The van der Waals surface area contributed by atoms with Crippen LogP contribution in [0, 0.1) is 0 Å². The van der Waals surface area contributed by atoms with Crippen LogP contribution in [-0.4, -0.2) is 30.2 Å². The highest BCUT2D eigenvalue weighted by Crippen LogP contribution is 2.34. The summed E-state index contributed by atoms with van der Waals surface area (Å²) < 4.78 is 18.4.